The van der Waals surface area contributed by atoms with Crippen LogP contribution in [0, 0.1) is 0 Å². The van der Waals surface area contributed by atoms with Crippen molar-refractivity contribution in [2.75, 3.05) is 6.54 Å². The maximum atomic E-state index is 4.57. The molecule has 3 rings (SSSR count). The smallest absolute Gasteiger partial charge is 0.0610 e. The van der Waals surface area contributed by atoms with Gasteiger partial charge in [-0.05, 0) is 23.1 Å². The molecular formula is C16H16N2. The second kappa shape index (κ2) is 5.05. The zero-order valence-electron chi connectivity index (χ0n) is 10.3. The maximum absolute atomic E-state index is 4.57. The molecule has 2 heteroatoms. The summed E-state index contributed by atoms with van der Waals surface area (Å²) in [6.45, 7) is 1.85. The Morgan fingerprint density at radius 2 is 1.72 bits per heavy atom. The van der Waals surface area contributed by atoms with Crippen LogP contribution in [0.1, 0.15) is 16.7 Å². The molecule has 0 radical (unpaired) electrons. The minimum Gasteiger partial charge on any atom is -0.292 e. The van der Waals surface area contributed by atoms with E-state index in [0.29, 0.717) is 0 Å². The van der Waals surface area contributed by atoms with Crippen LogP contribution in [0.25, 0.3) is 0 Å². The Morgan fingerprint density at radius 1 is 0.944 bits per heavy atom. The van der Waals surface area contributed by atoms with Gasteiger partial charge in [-0.1, -0.05) is 54.6 Å². The molecule has 0 bridgehead atoms. The van der Waals surface area contributed by atoms with Crippen LogP contribution in [0.4, 0.5) is 0 Å². The number of fused-ring (bicyclic) bond motifs is 1. The van der Waals surface area contributed by atoms with E-state index in [-0.39, 0.29) is 0 Å². The first kappa shape index (κ1) is 11.0. The number of benzene rings is 2. The van der Waals surface area contributed by atoms with Crippen LogP contribution >= 0.6 is 0 Å². The topological polar surface area (TPSA) is 15.6 Å². The first-order valence-electron chi connectivity index (χ1n) is 6.32. The standard InChI is InChI=1S/C16H16N2/c1-2-6-14(7-3-1)13-18-11-10-15-8-4-5-9-16(15)12-17-18/h1-9,12H,10-11,13H2. The van der Waals surface area contributed by atoms with Crippen molar-refractivity contribution in [2.24, 2.45) is 5.10 Å². The summed E-state index contributed by atoms with van der Waals surface area (Å²) in [6, 6.07) is 19.0. The van der Waals surface area contributed by atoms with E-state index in [1.54, 1.807) is 0 Å². The summed E-state index contributed by atoms with van der Waals surface area (Å²) >= 11 is 0. The Bertz CT molecular complexity index is 546. The molecule has 2 aromatic carbocycles. The monoisotopic (exact) mass is 236 g/mol. The second-order valence-electron chi connectivity index (χ2n) is 4.57. The molecule has 0 fully saturated rings. The van der Waals surface area contributed by atoms with Crippen molar-refractivity contribution in [3.05, 3.63) is 71.3 Å². The van der Waals surface area contributed by atoms with Gasteiger partial charge in [-0.25, -0.2) is 0 Å². The van der Waals surface area contributed by atoms with Gasteiger partial charge < -0.3 is 0 Å². The molecule has 2 nitrogen and oxygen atoms in total. The first-order chi connectivity index (χ1) is 8.92. The SMILES string of the molecule is C1=NN(Cc2ccccc2)CCc2ccccc21. The highest BCUT2D eigenvalue weighted by atomic mass is 15.4. The fourth-order valence-electron chi connectivity index (χ4n) is 2.25. The summed E-state index contributed by atoms with van der Waals surface area (Å²) in [5.74, 6) is 0. The van der Waals surface area contributed by atoms with Gasteiger partial charge in [-0.15, -0.1) is 0 Å². The number of rotatable bonds is 2. The highest BCUT2D eigenvalue weighted by Gasteiger charge is 2.09. The molecule has 1 aliphatic rings. The molecule has 1 heterocycles. The molecule has 0 spiro atoms. The summed E-state index contributed by atoms with van der Waals surface area (Å²) < 4.78 is 0. The molecule has 0 saturated heterocycles. The average molecular weight is 236 g/mol. The predicted octanol–water partition coefficient (Wildman–Crippen LogP) is 3.08. The van der Waals surface area contributed by atoms with Crippen LogP contribution in [0.5, 0.6) is 0 Å². The van der Waals surface area contributed by atoms with Crippen LogP contribution in [-0.4, -0.2) is 17.8 Å². The Labute approximate surface area is 108 Å². The number of hydrogen-bond donors (Lipinski definition) is 0. The van der Waals surface area contributed by atoms with Gasteiger partial charge in [0.1, 0.15) is 0 Å². The summed E-state index contributed by atoms with van der Waals surface area (Å²) in [5, 5.41) is 6.70. The van der Waals surface area contributed by atoms with E-state index < -0.39 is 0 Å². The third kappa shape index (κ3) is 2.43. The Kier molecular flexibility index (Phi) is 3.09. The van der Waals surface area contributed by atoms with Crippen molar-refractivity contribution < 1.29 is 0 Å². The average Bonchev–Trinajstić information content (AvgIpc) is 2.63. The van der Waals surface area contributed by atoms with Crippen LogP contribution in [0.2, 0.25) is 0 Å². The maximum Gasteiger partial charge on any atom is 0.0610 e. The molecule has 0 amide bonds. The largest absolute Gasteiger partial charge is 0.292 e. The number of hydrogen-bond acceptors (Lipinski definition) is 2. The van der Waals surface area contributed by atoms with Gasteiger partial charge in [0, 0.05) is 6.54 Å². The summed E-state index contributed by atoms with van der Waals surface area (Å²) in [5.41, 5.74) is 3.94. The first-order valence-corrected chi connectivity index (χ1v) is 6.32. The normalized spacial score (nSPS) is 14.1. The quantitative estimate of drug-likeness (QED) is 0.782. The van der Waals surface area contributed by atoms with Gasteiger partial charge in [0.05, 0.1) is 12.8 Å². The van der Waals surface area contributed by atoms with E-state index in [1.165, 1.54) is 16.7 Å². The molecule has 0 saturated carbocycles. The molecule has 0 aromatic heterocycles. The Balaban J connectivity index is 1.75. The second-order valence-corrected chi connectivity index (χ2v) is 4.57. The van der Waals surface area contributed by atoms with Crippen molar-refractivity contribution in [2.45, 2.75) is 13.0 Å². The fourth-order valence-corrected chi connectivity index (χ4v) is 2.25. The highest BCUT2D eigenvalue weighted by molar-refractivity contribution is 5.81. The van der Waals surface area contributed by atoms with Crippen LogP contribution in [-0.2, 0) is 13.0 Å². The zero-order chi connectivity index (χ0) is 12.2. The summed E-state index contributed by atoms with van der Waals surface area (Å²) in [4.78, 5) is 0. The minimum atomic E-state index is 0.880. The predicted molar refractivity (Wildman–Crippen MR) is 74.6 cm³/mol. The molecule has 90 valence electrons. The molecule has 0 atom stereocenters. The Hall–Kier alpha value is -2.09. The van der Waals surface area contributed by atoms with Gasteiger partial charge in [0.2, 0.25) is 0 Å². The van der Waals surface area contributed by atoms with E-state index >= 15 is 0 Å². The van der Waals surface area contributed by atoms with Crippen LogP contribution in [0.3, 0.4) is 0 Å². The fraction of sp³-hybridized carbons (Fsp3) is 0.188. The third-order valence-corrected chi connectivity index (χ3v) is 3.26. The molecule has 18 heavy (non-hydrogen) atoms. The lowest BCUT2D eigenvalue weighted by Crippen LogP contribution is -2.18. The van der Waals surface area contributed by atoms with Gasteiger partial charge in [-0.3, -0.25) is 5.01 Å². The molecule has 0 N–H and O–H groups in total. The van der Waals surface area contributed by atoms with Crippen molar-refractivity contribution in [1.29, 1.82) is 0 Å². The van der Waals surface area contributed by atoms with Crippen molar-refractivity contribution in [1.82, 2.24) is 5.01 Å². The molecule has 0 unspecified atom stereocenters. The van der Waals surface area contributed by atoms with Crippen LogP contribution < -0.4 is 0 Å². The van der Waals surface area contributed by atoms with Gasteiger partial charge in [0.15, 0.2) is 0 Å². The van der Waals surface area contributed by atoms with E-state index in [4.69, 9.17) is 0 Å². The van der Waals surface area contributed by atoms with Crippen molar-refractivity contribution in [3.63, 3.8) is 0 Å². The summed E-state index contributed by atoms with van der Waals surface area (Å²) in [7, 11) is 0. The third-order valence-electron chi connectivity index (χ3n) is 3.26. The molecular weight excluding hydrogens is 220 g/mol. The number of hydrazone groups is 1. The van der Waals surface area contributed by atoms with Gasteiger partial charge in [-0.2, -0.15) is 5.10 Å². The van der Waals surface area contributed by atoms with E-state index in [0.717, 1.165) is 19.5 Å². The lowest BCUT2D eigenvalue weighted by molar-refractivity contribution is 0.287. The van der Waals surface area contributed by atoms with Crippen molar-refractivity contribution in [3.8, 4) is 0 Å². The van der Waals surface area contributed by atoms with Crippen LogP contribution in [0.15, 0.2) is 59.7 Å². The molecule has 0 aliphatic carbocycles. The van der Waals surface area contributed by atoms with E-state index in [9.17, 15) is 0 Å². The lowest BCUT2D eigenvalue weighted by Gasteiger charge is -2.17. The summed E-state index contributed by atoms with van der Waals surface area (Å²) in [6.07, 6.45) is 3.04. The van der Waals surface area contributed by atoms with Gasteiger partial charge in [0.25, 0.3) is 0 Å². The Morgan fingerprint density at radius 3 is 2.61 bits per heavy atom. The molecule has 2 aromatic rings. The highest BCUT2D eigenvalue weighted by Crippen LogP contribution is 2.14. The van der Waals surface area contributed by atoms with Gasteiger partial charge >= 0.3 is 0 Å². The van der Waals surface area contributed by atoms with Crippen molar-refractivity contribution >= 4 is 6.21 Å². The lowest BCUT2D eigenvalue weighted by atomic mass is 10.1. The zero-order valence-corrected chi connectivity index (χ0v) is 10.3. The number of nitrogens with zero attached hydrogens (tertiary/aromatic N) is 2. The minimum absolute atomic E-state index is 0.880. The molecule has 1 aliphatic heterocycles. The van der Waals surface area contributed by atoms with E-state index in [1.807, 2.05) is 12.3 Å². The van der Waals surface area contributed by atoms with E-state index in [2.05, 4.69) is 58.6 Å².